The molecule has 13 heavy (non-hydrogen) atoms. The van der Waals surface area contributed by atoms with Gasteiger partial charge in [0, 0.05) is 16.8 Å². The lowest BCUT2D eigenvalue weighted by Gasteiger charge is -1.99. The fourth-order valence-electron chi connectivity index (χ4n) is 0.995. The Morgan fingerprint density at radius 1 is 1.31 bits per heavy atom. The molecule has 1 aromatic rings. The standard InChI is InChI=1S/C11H12IN/c1-9(7-8-13-2)10-3-5-11(12)6-4-10/h3-8H,1-2H3/b9-7+,13-8?. The molecule has 0 aliphatic heterocycles. The molecule has 0 atom stereocenters. The van der Waals surface area contributed by atoms with Gasteiger partial charge in [-0.1, -0.05) is 12.1 Å². The Morgan fingerprint density at radius 2 is 1.92 bits per heavy atom. The van der Waals surface area contributed by atoms with Gasteiger partial charge in [0.15, 0.2) is 0 Å². The zero-order chi connectivity index (χ0) is 9.68. The smallest absolute Gasteiger partial charge is 0.0277 e. The first-order valence-electron chi connectivity index (χ1n) is 4.09. The number of nitrogens with zero attached hydrogens (tertiary/aromatic N) is 1. The normalized spacial score (nSPS) is 12.4. The second kappa shape index (κ2) is 5.17. The summed E-state index contributed by atoms with van der Waals surface area (Å²) in [7, 11) is 1.78. The summed E-state index contributed by atoms with van der Waals surface area (Å²) in [6, 6.07) is 8.46. The summed E-state index contributed by atoms with van der Waals surface area (Å²) >= 11 is 2.30. The van der Waals surface area contributed by atoms with E-state index in [1.165, 1.54) is 14.7 Å². The first kappa shape index (κ1) is 10.4. The number of benzene rings is 1. The fourth-order valence-corrected chi connectivity index (χ4v) is 1.35. The van der Waals surface area contributed by atoms with Gasteiger partial charge < -0.3 is 0 Å². The number of hydrogen-bond donors (Lipinski definition) is 0. The van der Waals surface area contributed by atoms with Crippen LogP contribution in [-0.4, -0.2) is 13.3 Å². The molecule has 0 unspecified atom stereocenters. The van der Waals surface area contributed by atoms with Gasteiger partial charge in [-0.25, -0.2) is 0 Å². The van der Waals surface area contributed by atoms with Gasteiger partial charge in [0.25, 0.3) is 0 Å². The van der Waals surface area contributed by atoms with Crippen LogP contribution in [0.4, 0.5) is 0 Å². The molecular formula is C11H12IN. The van der Waals surface area contributed by atoms with Gasteiger partial charge in [0.2, 0.25) is 0 Å². The SMILES string of the molecule is CN=C/C=C(\C)c1ccc(I)cc1. The molecule has 0 amide bonds. The molecule has 0 aliphatic carbocycles. The van der Waals surface area contributed by atoms with E-state index in [4.69, 9.17) is 0 Å². The van der Waals surface area contributed by atoms with Crippen molar-refractivity contribution in [1.29, 1.82) is 0 Å². The first-order valence-corrected chi connectivity index (χ1v) is 5.17. The Bertz CT molecular complexity index is 322. The molecule has 0 aliphatic rings. The van der Waals surface area contributed by atoms with E-state index in [1.807, 2.05) is 12.3 Å². The summed E-state index contributed by atoms with van der Waals surface area (Å²) in [5.74, 6) is 0. The maximum Gasteiger partial charge on any atom is 0.0277 e. The Labute approximate surface area is 92.7 Å². The van der Waals surface area contributed by atoms with E-state index >= 15 is 0 Å². The van der Waals surface area contributed by atoms with E-state index < -0.39 is 0 Å². The van der Waals surface area contributed by atoms with Gasteiger partial charge in [-0.2, -0.15) is 0 Å². The molecule has 1 aromatic carbocycles. The summed E-state index contributed by atoms with van der Waals surface area (Å²) in [5, 5.41) is 0. The van der Waals surface area contributed by atoms with Crippen molar-refractivity contribution >= 4 is 34.4 Å². The fraction of sp³-hybridized carbons (Fsp3) is 0.182. The molecule has 2 heteroatoms. The highest BCUT2D eigenvalue weighted by Crippen LogP contribution is 2.14. The molecule has 0 N–H and O–H groups in total. The maximum atomic E-state index is 3.92. The van der Waals surface area contributed by atoms with Crippen molar-refractivity contribution in [2.75, 3.05) is 7.05 Å². The molecule has 0 fully saturated rings. The molecular weight excluding hydrogens is 273 g/mol. The number of allylic oxidation sites excluding steroid dienone is 2. The molecule has 1 rings (SSSR count). The summed E-state index contributed by atoms with van der Waals surface area (Å²) in [5.41, 5.74) is 2.49. The van der Waals surface area contributed by atoms with Crippen LogP contribution in [-0.2, 0) is 0 Å². The van der Waals surface area contributed by atoms with E-state index in [0.29, 0.717) is 0 Å². The van der Waals surface area contributed by atoms with Crippen LogP contribution >= 0.6 is 22.6 Å². The average molecular weight is 285 g/mol. The number of hydrogen-bond acceptors (Lipinski definition) is 1. The van der Waals surface area contributed by atoms with E-state index in [9.17, 15) is 0 Å². The van der Waals surface area contributed by atoms with Crippen molar-refractivity contribution in [3.8, 4) is 0 Å². The molecule has 68 valence electrons. The Hall–Kier alpha value is -0.640. The minimum Gasteiger partial charge on any atom is -0.297 e. The monoisotopic (exact) mass is 285 g/mol. The molecule has 0 spiro atoms. The predicted molar refractivity (Wildman–Crippen MR) is 67.2 cm³/mol. The molecule has 0 saturated heterocycles. The average Bonchev–Trinajstić information content (AvgIpc) is 2.15. The largest absolute Gasteiger partial charge is 0.297 e. The van der Waals surface area contributed by atoms with Gasteiger partial charge in [-0.3, -0.25) is 4.99 Å². The first-order chi connectivity index (χ1) is 6.24. The van der Waals surface area contributed by atoms with E-state index in [-0.39, 0.29) is 0 Å². The molecule has 0 radical (unpaired) electrons. The number of halogens is 1. The van der Waals surface area contributed by atoms with Crippen LogP contribution in [0.5, 0.6) is 0 Å². The number of aliphatic imine (C=N–C) groups is 1. The van der Waals surface area contributed by atoms with Gasteiger partial charge in [0.05, 0.1) is 0 Å². The third-order valence-electron chi connectivity index (χ3n) is 1.77. The van der Waals surface area contributed by atoms with Crippen LogP contribution in [0.2, 0.25) is 0 Å². The second-order valence-corrected chi connectivity index (χ2v) is 4.01. The van der Waals surface area contributed by atoms with Crippen molar-refractivity contribution < 1.29 is 0 Å². The Kier molecular flexibility index (Phi) is 4.15. The molecule has 0 saturated carbocycles. The van der Waals surface area contributed by atoms with Gasteiger partial charge in [-0.15, -0.1) is 0 Å². The minimum atomic E-state index is 1.24. The highest BCUT2D eigenvalue weighted by molar-refractivity contribution is 14.1. The van der Waals surface area contributed by atoms with Crippen molar-refractivity contribution in [2.45, 2.75) is 6.92 Å². The molecule has 1 nitrogen and oxygen atoms in total. The summed E-state index contributed by atoms with van der Waals surface area (Å²) in [4.78, 5) is 3.92. The topological polar surface area (TPSA) is 12.4 Å². The Balaban J connectivity index is 2.89. The van der Waals surface area contributed by atoms with Crippen molar-refractivity contribution in [3.05, 3.63) is 39.5 Å². The van der Waals surface area contributed by atoms with Gasteiger partial charge in [0.1, 0.15) is 0 Å². The summed E-state index contributed by atoms with van der Waals surface area (Å²) in [6.07, 6.45) is 3.83. The third kappa shape index (κ3) is 3.30. The predicted octanol–water partition coefficient (Wildman–Crippen LogP) is 3.40. The van der Waals surface area contributed by atoms with Crippen LogP contribution in [0.1, 0.15) is 12.5 Å². The molecule has 0 bridgehead atoms. The minimum absolute atomic E-state index is 1.24. The van der Waals surface area contributed by atoms with Crippen molar-refractivity contribution in [1.82, 2.24) is 0 Å². The molecule has 0 aromatic heterocycles. The van der Waals surface area contributed by atoms with Crippen LogP contribution < -0.4 is 0 Å². The second-order valence-electron chi connectivity index (χ2n) is 2.76. The maximum absolute atomic E-state index is 3.92. The number of rotatable bonds is 2. The quantitative estimate of drug-likeness (QED) is 0.583. The third-order valence-corrected chi connectivity index (χ3v) is 2.49. The van der Waals surface area contributed by atoms with Crippen LogP contribution in [0, 0.1) is 3.57 Å². The lowest BCUT2D eigenvalue weighted by atomic mass is 10.1. The highest BCUT2D eigenvalue weighted by atomic mass is 127. The highest BCUT2D eigenvalue weighted by Gasteiger charge is 1.93. The van der Waals surface area contributed by atoms with Crippen LogP contribution in [0.25, 0.3) is 5.57 Å². The lowest BCUT2D eigenvalue weighted by Crippen LogP contribution is -1.80. The van der Waals surface area contributed by atoms with Gasteiger partial charge >= 0.3 is 0 Å². The van der Waals surface area contributed by atoms with Crippen LogP contribution in [0.15, 0.2) is 35.3 Å². The van der Waals surface area contributed by atoms with Crippen molar-refractivity contribution in [2.24, 2.45) is 4.99 Å². The zero-order valence-corrected chi connectivity index (χ0v) is 9.95. The van der Waals surface area contributed by atoms with Crippen molar-refractivity contribution in [3.63, 3.8) is 0 Å². The summed E-state index contributed by atoms with van der Waals surface area (Å²) in [6.45, 7) is 2.09. The van der Waals surface area contributed by atoms with E-state index in [0.717, 1.165) is 0 Å². The zero-order valence-electron chi connectivity index (χ0n) is 7.79. The van der Waals surface area contributed by atoms with E-state index in [1.54, 1.807) is 7.05 Å². The van der Waals surface area contributed by atoms with Crippen LogP contribution in [0.3, 0.4) is 0 Å². The molecule has 0 heterocycles. The summed E-state index contributed by atoms with van der Waals surface area (Å²) < 4.78 is 1.26. The lowest BCUT2D eigenvalue weighted by molar-refractivity contribution is 1.47. The van der Waals surface area contributed by atoms with E-state index in [2.05, 4.69) is 58.8 Å². The Morgan fingerprint density at radius 3 is 2.46 bits per heavy atom. The van der Waals surface area contributed by atoms with Gasteiger partial charge in [-0.05, 0) is 58.9 Å².